The van der Waals surface area contributed by atoms with Crippen LogP contribution in [0.4, 0.5) is 0 Å². The number of nitrogens with zero attached hydrogens (tertiary/aromatic N) is 1. The molecule has 0 bridgehead atoms. The molecule has 90 valence electrons. The van der Waals surface area contributed by atoms with Gasteiger partial charge >= 0.3 is 0 Å². The minimum absolute atomic E-state index is 0.0807. The number of hydrogen-bond donors (Lipinski definition) is 1. The van der Waals surface area contributed by atoms with Crippen molar-refractivity contribution in [3.63, 3.8) is 0 Å². The van der Waals surface area contributed by atoms with Gasteiger partial charge in [0.05, 0.1) is 6.61 Å². The summed E-state index contributed by atoms with van der Waals surface area (Å²) in [6.45, 7) is 7.34. The van der Waals surface area contributed by atoms with Crippen LogP contribution in [0.25, 0.3) is 0 Å². The lowest BCUT2D eigenvalue weighted by molar-refractivity contribution is 0.0557. The minimum Gasteiger partial charge on any atom is -0.396 e. The highest BCUT2D eigenvalue weighted by Gasteiger charge is 2.30. The second-order valence-corrected chi connectivity index (χ2v) is 4.80. The van der Waals surface area contributed by atoms with Crippen LogP contribution in [0.1, 0.15) is 33.1 Å². The molecule has 1 rings (SSSR count). The molecule has 0 aromatic rings. The topological polar surface area (TPSA) is 32.7 Å². The number of likely N-dealkylation sites (N-methyl/N-ethyl adjacent to an activating group) is 1. The predicted molar refractivity (Wildman–Crippen MR) is 62.0 cm³/mol. The quantitative estimate of drug-likeness (QED) is 0.729. The molecule has 3 nitrogen and oxygen atoms in total. The molecule has 15 heavy (non-hydrogen) atoms. The molecule has 1 N–H and O–H groups in total. The Balaban J connectivity index is 2.49. The third-order valence-corrected chi connectivity index (χ3v) is 3.95. The van der Waals surface area contributed by atoms with Gasteiger partial charge in [0.2, 0.25) is 0 Å². The fourth-order valence-corrected chi connectivity index (χ4v) is 2.28. The number of aliphatic hydroxyl groups is 1. The standard InChI is InChI=1S/C12H25NO2/c1-4-12(5-2,10-14)9-13(3)11-6-7-15-8-11/h11,14H,4-10H2,1-3H3. The van der Waals surface area contributed by atoms with Crippen LogP contribution in [-0.2, 0) is 4.74 Å². The Hall–Kier alpha value is -0.120. The van der Waals surface area contributed by atoms with Gasteiger partial charge in [-0.1, -0.05) is 13.8 Å². The summed E-state index contributed by atoms with van der Waals surface area (Å²) in [4.78, 5) is 2.36. The summed E-state index contributed by atoms with van der Waals surface area (Å²) in [5.74, 6) is 0. The first kappa shape index (κ1) is 12.9. The normalized spacial score (nSPS) is 22.6. The molecule has 1 fully saturated rings. The van der Waals surface area contributed by atoms with Crippen molar-refractivity contribution in [2.75, 3.05) is 33.4 Å². The molecule has 0 aromatic carbocycles. The third kappa shape index (κ3) is 3.16. The van der Waals surface area contributed by atoms with E-state index in [4.69, 9.17) is 4.74 Å². The van der Waals surface area contributed by atoms with Gasteiger partial charge in [-0.3, -0.25) is 0 Å². The molecular formula is C12H25NO2. The molecule has 1 saturated heterocycles. The Morgan fingerprint density at radius 2 is 2.07 bits per heavy atom. The lowest BCUT2D eigenvalue weighted by atomic mass is 9.82. The van der Waals surface area contributed by atoms with Crippen molar-refractivity contribution >= 4 is 0 Å². The van der Waals surface area contributed by atoms with Crippen molar-refractivity contribution in [1.82, 2.24) is 4.90 Å². The molecule has 3 heteroatoms. The molecule has 0 spiro atoms. The fraction of sp³-hybridized carbons (Fsp3) is 1.00. The van der Waals surface area contributed by atoms with E-state index < -0.39 is 0 Å². The van der Waals surface area contributed by atoms with Crippen molar-refractivity contribution in [3.05, 3.63) is 0 Å². The van der Waals surface area contributed by atoms with Crippen LogP contribution in [0, 0.1) is 5.41 Å². The van der Waals surface area contributed by atoms with Crippen LogP contribution in [-0.4, -0.2) is 49.5 Å². The smallest absolute Gasteiger partial charge is 0.0622 e. The fourth-order valence-electron chi connectivity index (χ4n) is 2.28. The maximum atomic E-state index is 9.51. The van der Waals surface area contributed by atoms with E-state index in [0.29, 0.717) is 6.04 Å². The second-order valence-electron chi connectivity index (χ2n) is 4.80. The largest absolute Gasteiger partial charge is 0.396 e. The van der Waals surface area contributed by atoms with E-state index >= 15 is 0 Å². The van der Waals surface area contributed by atoms with Crippen molar-refractivity contribution in [2.24, 2.45) is 5.41 Å². The van der Waals surface area contributed by atoms with Crippen LogP contribution in [0.3, 0.4) is 0 Å². The number of aliphatic hydroxyl groups excluding tert-OH is 1. The Morgan fingerprint density at radius 1 is 1.40 bits per heavy atom. The summed E-state index contributed by atoms with van der Waals surface area (Å²) in [6.07, 6.45) is 3.21. The van der Waals surface area contributed by atoms with Gasteiger partial charge in [-0.05, 0) is 26.3 Å². The van der Waals surface area contributed by atoms with Crippen LogP contribution >= 0.6 is 0 Å². The van der Waals surface area contributed by atoms with Gasteiger partial charge in [-0.2, -0.15) is 0 Å². The number of ether oxygens (including phenoxy) is 1. The SMILES string of the molecule is CCC(CC)(CO)CN(C)C1CCOC1. The van der Waals surface area contributed by atoms with E-state index in [2.05, 4.69) is 25.8 Å². The van der Waals surface area contributed by atoms with Crippen molar-refractivity contribution in [2.45, 2.75) is 39.2 Å². The average molecular weight is 215 g/mol. The zero-order chi connectivity index (χ0) is 11.3. The van der Waals surface area contributed by atoms with E-state index in [1.54, 1.807) is 0 Å². The first-order valence-electron chi connectivity index (χ1n) is 6.06. The van der Waals surface area contributed by atoms with Crippen LogP contribution in [0.15, 0.2) is 0 Å². The molecule has 0 aliphatic carbocycles. The molecule has 0 saturated carbocycles. The lowest BCUT2D eigenvalue weighted by Gasteiger charge is -2.36. The third-order valence-electron chi connectivity index (χ3n) is 3.95. The second kappa shape index (κ2) is 5.83. The highest BCUT2D eigenvalue weighted by molar-refractivity contribution is 4.83. The van der Waals surface area contributed by atoms with Gasteiger partial charge < -0.3 is 14.7 Å². The van der Waals surface area contributed by atoms with E-state index in [1.807, 2.05) is 0 Å². The van der Waals surface area contributed by atoms with Crippen molar-refractivity contribution < 1.29 is 9.84 Å². The zero-order valence-electron chi connectivity index (χ0n) is 10.3. The lowest BCUT2D eigenvalue weighted by Crippen LogP contribution is -2.43. The molecular weight excluding hydrogens is 190 g/mol. The first-order valence-corrected chi connectivity index (χ1v) is 6.06. The molecule has 1 unspecified atom stereocenters. The van der Waals surface area contributed by atoms with Gasteiger partial charge in [0.1, 0.15) is 0 Å². The highest BCUT2D eigenvalue weighted by Crippen LogP contribution is 2.28. The minimum atomic E-state index is 0.0807. The van der Waals surface area contributed by atoms with Gasteiger partial charge in [0.25, 0.3) is 0 Å². The maximum Gasteiger partial charge on any atom is 0.0622 e. The Labute approximate surface area is 93.4 Å². The maximum absolute atomic E-state index is 9.51. The molecule has 0 aromatic heterocycles. The van der Waals surface area contributed by atoms with E-state index in [9.17, 15) is 5.11 Å². The average Bonchev–Trinajstić information content (AvgIpc) is 2.79. The molecule has 0 radical (unpaired) electrons. The summed E-state index contributed by atoms with van der Waals surface area (Å²) < 4.78 is 5.39. The Kier molecular flexibility index (Phi) is 5.03. The molecule has 1 atom stereocenters. The monoisotopic (exact) mass is 215 g/mol. The van der Waals surface area contributed by atoms with Gasteiger partial charge in [-0.25, -0.2) is 0 Å². The molecule has 1 heterocycles. The van der Waals surface area contributed by atoms with Gasteiger partial charge in [-0.15, -0.1) is 0 Å². The van der Waals surface area contributed by atoms with E-state index in [0.717, 1.165) is 39.0 Å². The predicted octanol–water partition coefficient (Wildman–Crippen LogP) is 1.51. The van der Waals surface area contributed by atoms with Crippen LogP contribution < -0.4 is 0 Å². The number of rotatable bonds is 6. The van der Waals surface area contributed by atoms with Gasteiger partial charge in [0, 0.05) is 31.2 Å². The summed E-state index contributed by atoms with van der Waals surface area (Å²) in [7, 11) is 2.15. The molecule has 1 aliphatic heterocycles. The van der Waals surface area contributed by atoms with Gasteiger partial charge in [0.15, 0.2) is 0 Å². The van der Waals surface area contributed by atoms with Crippen LogP contribution in [0.2, 0.25) is 0 Å². The van der Waals surface area contributed by atoms with Crippen molar-refractivity contribution in [1.29, 1.82) is 0 Å². The Morgan fingerprint density at radius 3 is 2.47 bits per heavy atom. The number of hydrogen-bond acceptors (Lipinski definition) is 3. The van der Waals surface area contributed by atoms with E-state index in [-0.39, 0.29) is 12.0 Å². The van der Waals surface area contributed by atoms with Crippen LogP contribution in [0.5, 0.6) is 0 Å². The summed E-state index contributed by atoms with van der Waals surface area (Å²) in [5, 5.41) is 9.51. The first-order chi connectivity index (χ1) is 7.17. The Bertz CT molecular complexity index is 166. The molecule has 1 aliphatic rings. The van der Waals surface area contributed by atoms with Crippen molar-refractivity contribution in [3.8, 4) is 0 Å². The molecule has 0 amide bonds. The highest BCUT2D eigenvalue weighted by atomic mass is 16.5. The zero-order valence-corrected chi connectivity index (χ0v) is 10.3. The van der Waals surface area contributed by atoms with E-state index in [1.165, 1.54) is 0 Å². The summed E-state index contributed by atoms with van der Waals surface area (Å²) in [6, 6.07) is 0.550. The summed E-state index contributed by atoms with van der Waals surface area (Å²) >= 11 is 0. The summed E-state index contributed by atoms with van der Waals surface area (Å²) in [5.41, 5.74) is 0.0807.